The van der Waals surface area contributed by atoms with Gasteiger partial charge in [0.05, 0.1) is 6.04 Å². The van der Waals surface area contributed by atoms with Crippen molar-refractivity contribution in [3.8, 4) is 0 Å². The fourth-order valence-electron chi connectivity index (χ4n) is 2.72. The number of carbonyl (C=O) groups excluding carboxylic acids is 1. The van der Waals surface area contributed by atoms with Gasteiger partial charge in [-0.25, -0.2) is 0 Å². The van der Waals surface area contributed by atoms with E-state index in [2.05, 4.69) is 55.7 Å². The van der Waals surface area contributed by atoms with Crippen LogP contribution in [0.1, 0.15) is 57.2 Å². The van der Waals surface area contributed by atoms with E-state index in [1.54, 1.807) is 0 Å². The van der Waals surface area contributed by atoms with Gasteiger partial charge in [0.25, 0.3) is 0 Å². The summed E-state index contributed by atoms with van der Waals surface area (Å²) in [6, 6.07) is 8.66. The highest BCUT2D eigenvalue weighted by Crippen LogP contribution is 2.29. The molecule has 3 heteroatoms. The molecule has 1 aromatic carbocycles. The number of hydrogen-bond donors (Lipinski definition) is 2. The molecule has 0 aromatic heterocycles. The first-order valence-electron chi connectivity index (χ1n) is 7.58. The molecule has 1 aliphatic rings. The lowest BCUT2D eigenvalue weighted by molar-refractivity contribution is -0.121. The van der Waals surface area contributed by atoms with Gasteiger partial charge < -0.3 is 10.6 Å². The Morgan fingerprint density at radius 1 is 1.30 bits per heavy atom. The molecule has 1 amide bonds. The number of carbonyl (C=O) groups is 1. The van der Waals surface area contributed by atoms with E-state index in [0.717, 1.165) is 25.8 Å². The van der Waals surface area contributed by atoms with Crippen LogP contribution < -0.4 is 10.6 Å². The highest BCUT2D eigenvalue weighted by Gasteiger charge is 2.21. The van der Waals surface area contributed by atoms with Crippen LogP contribution in [-0.4, -0.2) is 18.0 Å². The Labute approximate surface area is 122 Å². The van der Waals surface area contributed by atoms with Crippen molar-refractivity contribution in [1.82, 2.24) is 10.6 Å². The number of rotatable bonds is 4. The second kappa shape index (κ2) is 6.40. The Morgan fingerprint density at radius 3 is 2.80 bits per heavy atom. The number of amides is 1. The maximum Gasteiger partial charge on any atom is 0.221 e. The topological polar surface area (TPSA) is 41.1 Å². The normalized spacial score (nSPS) is 18.4. The molecule has 0 aliphatic heterocycles. The van der Waals surface area contributed by atoms with Crippen molar-refractivity contribution in [2.24, 2.45) is 0 Å². The van der Waals surface area contributed by atoms with E-state index in [1.807, 2.05) is 0 Å². The molecule has 20 heavy (non-hydrogen) atoms. The summed E-state index contributed by atoms with van der Waals surface area (Å²) in [6.45, 7) is 7.07. The van der Waals surface area contributed by atoms with Gasteiger partial charge in [0.2, 0.25) is 5.91 Å². The molecule has 0 saturated carbocycles. The van der Waals surface area contributed by atoms with Crippen LogP contribution in [0.3, 0.4) is 0 Å². The molecule has 0 saturated heterocycles. The minimum absolute atomic E-state index is 0.0672. The Bertz CT molecular complexity index is 462. The average molecular weight is 274 g/mol. The summed E-state index contributed by atoms with van der Waals surface area (Å²) in [4.78, 5) is 12.1. The van der Waals surface area contributed by atoms with Crippen LogP contribution in [-0.2, 0) is 11.2 Å². The third-order valence-electron chi connectivity index (χ3n) is 3.71. The van der Waals surface area contributed by atoms with Crippen molar-refractivity contribution in [3.63, 3.8) is 0 Å². The van der Waals surface area contributed by atoms with Gasteiger partial charge in [-0.15, -0.1) is 0 Å². The Balaban J connectivity index is 1.86. The summed E-state index contributed by atoms with van der Waals surface area (Å²) in [5.41, 5.74) is 2.75. The summed E-state index contributed by atoms with van der Waals surface area (Å²) in [5.74, 6) is 0.142. The van der Waals surface area contributed by atoms with E-state index in [9.17, 15) is 4.79 Å². The SMILES string of the molecule is CC(C)(C)NCCC(=O)NC1CCCc2ccccc21. The van der Waals surface area contributed by atoms with Crippen LogP contribution >= 0.6 is 0 Å². The summed E-state index contributed by atoms with van der Waals surface area (Å²) < 4.78 is 0. The predicted octanol–water partition coefficient (Wildman–Crippen LogP) is 2.96. The molecular weight excluding hydrogens is 248 g/mol. The number of aryl methyl sites for hydroxylation is 1. The average Bonchev–Trinajstić information content (AvgIpc) is 2.37. The summed E-state index contributed by atoms with van der Waals surface area (Å²) in [7, 11) is 0. The van der Waals surface area contributed by atoms with E-state index in [0.29, 0.717) is 6.42 Å². The number of hydrogen-bond acceptors (Lipinski definition) is 2. The van der Waals surface area contributed by atoms with Crippen molar-refractivity contribution in [2.75, 3.05) is 6.54 Å². The molecule has 0 radical (unpaired) electrons. The maximum atomic E-state index is 12.1. The first kappa shape index (κ1) is 15.0. The lowest BCUT2D eigenvalue weighted by atomic mass is 9.87. The van der Waals surface area contributed by atoms with Crippen molar-refractivity contribution in [3.05, 3.63) is 35.4 Å². The van der Waals surface area contributed by atoms with Crippen LogP contribution in [0, 0.1) is 0 Å². The van der Waals surface area contributed by atoms with E-state index in [1.165, 1.54) is 11.1 Å². The van der Waals surface area contributed by atoms with Crippen LogP contribution in [0.5, 0.6) is 0 Å². The highest BCUT2D eigenvalue weighted by atomic mass is 16.1. The molecule has 0 spiro atoms. The van der Waals surface area contributed by atoms with Crippen molar-refractivity contribution < 1.29 is 4.79 Å². The van der Waals surface area contributed by atoms with Gasteiger partial charge in [0, 0.05) is 18.5 Å². The fourth-order valence-corrected chi connectivity index (χ4v) is 2.72. The third-order valence-corrected chi connectivity index (χ3v) is 3.71. The molecule has 1 unspecified atom stereocenters. The van der Waals surface area contributed by atoms with Crippen LogP contribution in [0.25, 0.3) is 0 Å². The second-order valence-corrected chi connectivity index (χ2v) is 6.64. The van der Waals surface area contributed by atoms with Gasteiger partial charge in [-0.3, -0.25) is 4.79 Å². The Kier molecular flexibility index (Phi) is 4.81. The molecule has 1 aromatic rings. The van der Waals surface area contributed by atoms with Gasteiger partial charge in [0.15, 0.2) is 0 Å². The van der Waals surface area contributed by atoms with E-state index < -0.39 is 0 Å². The zero-order valence-electron chi connectivity index (χ0n) is 12.8. The Hall–Kier alpha value is -1.35. The number of nitrogens with one attached hydrogen (secondary N) is 2. The number of fused-ring (bicyclic) bond motifs is 1. The minimum atomic E-state index is 0.0672. The van der Waals surface area contributed by atoms with E-state index in [-0.39, 0.29) is 17.5 Å². The summed E-state index contributed by atoms with van der Waals surface area (Å²) in [5, 5.41) is 6.53. The first-order valence-corrected chi connectivity index (χ1v) is 7.58. The molecule has 1 aliphatic carbocycles. The van der Waals surface area contributed by atoms with Gasteiger partial charge >= 0.3 is 0 Å². The molecule has 1 atom stereocenters. The summed E-state index contributed by atoms with van der Waals surface area (Å²) >= 11 is 0. The fraction of sp³-hybridized carbons (Fsp3) is 0.588. The quantitative estimate of drug-likeness (QED) is 0.886. The van der Waals surface area contributed by atoms with Crippen LogP contribution in [0.2, 0.25) is 0 Å². The Morgan fingerprint density at radius 2 is 2.05 bits per heavy atom. The minimum Gasteiger partial charge on any atom is -0.349 e. The molecule has 2 rings (SSSR count). The zero-order valence-corrected chi connectivity index (χ0v) is 12.8. The zero-order chi connectivity index (χ0) is 14.6. The maximum absolute atomic E-state index is 12.1. The molecular formula is C17H26N2O. The number of benzene rings is 1. The van der Waals surface area contributed by atoms with Crippen LogP contribution in [0.15, 0.2) is 24.3 Å². The van der Waals surface area contributed by atoms with Gasteiger partial charge in [-0.1, -0.05) is 24.3 Å². The molecule has 0 heterocycles. The van der Waals surface area contributed by atoms with E-state index >= 15 is 0 Å². The van der Waals surface area contributed by atoms with Crippen molar-refractivity contribution in [1.29, 1.82) is 0 Å². The van der Waals surface area contributed by atoms with Crippen LogP contribution in [0.4, 0.5) is 0 Å². The van der Waals surface area contributed by atoms with Gasteiger partial charge in [-0.2, -0.15) is 0 Å². The predicted molar refractivity (Wildman–Crippen MR) is 82.6 cm³/mol. The third kappa shape index (κ3) is 4.34. The highest BCUT2D eigenvalue weighted by molar-refractivity contribution is 5.76. The smallest absolute Gasteiger partial charge is 0.221 e. The second-order valence-electron chi connectivity index (χ2n) is 6.64. The molecule has 2 N–H and O–H groups in total. The first-order chi connectivity index (χ1) is 9.46. The van der Waals surface area contributed by atoms with Crippen molar-refractivity contribution >= 4 is 5.91 Å². The molecule has 3 nitrogen and oxygen atoms in total. The largest absolute Gasteiger partial charge is 0.349 e. The summed E-state index contributed by atoms with van der Waals surface area (Å²) in [6.07, 6.45) is 3.88. The van der Waals surface area contributed by atoms with Gasteiger partial charge in [0.1, 0.15) is 0 Å². The molecule has 0 fully saturated rings. The molecule has 110 valence electrons. The van der Waals surface area contributed by atoms with Crippen molar-refractivity contribution in [2.45, 2.75) is 58.0 Å². The lowest BCUT2D eigenvalue weighted by Gasteiger charge is -2.26. The van der Waals surface area contributed by atoms with Gasteiger partial charge in [-0.05, 0) is 51.2 Å². The van der Waals surface area contributed by atoms with E-state index in [4.69, 9.17) is 0 Å². The standard InChI is InChI=1S/C17H26N2O/c1-17(2,3)18-12-11-16(20)19-15-10-6-8-13-7-4-5-9-14(13)15/h4-5,7,9,15,18H,6,8,10-12H2,1-3H3,(H,19,20). The monoisotopic (exact) mass is 274 g/mol. The lowest BCUT2D eigenvalue weighted by Crippen LogP contribution is -2.39. The molecule has 0 bridgehead atoms.